The molecule has 6 rings (SSSR count). The summed E-state index contributed by atoms with van der Waals surface area (Å²) in [6.07, 6.45) is -1.54. The first-order chi connectivity index (χ1) is 18.9. The Bertz CT molecular complexity index is 1500. The second-order valence-corrected chi connectivity index (χ2v) is 10.7. The van der Waals surface area contributed by atoms with Crippen molar-refractivity contribution in [3.8, 4) is 23.0 Å². The lowest BCUT2D eigenvalue weighted by Crippen LogP contribution is -2.52. The Balaban J connectivity index is 1.69. The van der Waals surface area contributed by atoms with Gasteiger partial charge in [-0.1, -0.05) is 48.5 Å². The molecule has 200 valence electrons. The topological polar surface area (TPSA) is 94.5 Å². The van der Waals surface area contributed by atoms with Crippen LogP contribution in [0.4, 0.5) is 0 Å². The predicted molar refractivity (Wildman–Crippen MR) is 146 cm³/mol. The number of carbonyl (C=O) groups is 1. The summed E-state index contributed by atoms with van der Waals surface area (Å²) in [6.45, 7) is 0. The lowest BCUT2D eigenvalue weighted by molar-refractivity contribution is -0.151. The highest BCUT2D eigenvalue weighted by molar-refractivity contribution is 7.12. The van der Waals surface area contributed by atoms with E-state index in [0.29, 0.717) is 27.7 Å². The molecule has 4 aromatic rings. The Morgan fingerprint density at radius 3 is 2.23 bits per heavy atom. The zero-order chi connectivity index (χ0) is 27.4. The Hall–Kier alpha value is -3.85. The molecular formula is C31H28O7S. The minimum Gasteiger partial charge on any atom is -0.497 e. The fourth-order valence-electron chi connectivity index (χ4n) is 6.38. The van der Waals surface area contributed by atoms with Crippen molar-refractivity contribution in [3.63, 3.8) is 0 Å². The number of carbonyl (C=O) groups excluding carboxylic acids is 1. The maximum atomic E-state index is 14.1. The van der Waals surface area contributed by atoms with Gasteiger partial charge in [-0.15, -0.1) is 11.3 Å². The first-order valence-corrected chi connectivity index (χ1v) is 13.4. The lowest BCUT2D eigenvalue weighted by Gasteiger charge is -2.40. The number of thiophene rings is 1. The van der Waals surface area contributed by atoms with Gasteiger partial charge in [0.05, 0.1) is 37.7 Å². The summed E-state index contributed by atoms with van der Waals surface area (Å²) in [5, 5.41) is 26.9. The van der Waals surface area contributed by atoms with E-state index < -0.39 is 29.1 Å². The van der Waals surface area contributed by atoms with Gasteiger partial charge < -0.3 is 29.2 Å². The summed E-state index contributed by atoms with van der Waals surface area (Å²) in [6, 6.07) is 23.4. The monoisotopic (exact) mass is 544 g/mol. The quantitative estimate of drug-likeness (QED) is 0.320. The van der Waals surface area contributed by atoms with Crippen molar-refractivity contribution < 1.29 is 34.0 Å². The van der Waals surface area contributed by atoms with Gasteiger partial charge in [0.15, 0.2) is 17.0 Å². The highest BCUT2D eigenvalue weighted by Crippen LogP contribution is 2.70. The molecular weight excluding hydrogens is 516 g/mol. The number of ether oxygens (including phenoxy) is 4. The van der Waals surface area contributed by atoms with E-state index in [1.165, 1.54) is 25.6 Å². The van der Waals surface area contributed by atoms with Crippen LogP contribution < -0.4 is 18.9 Å². The lowest BCUT2D eigenvalue weighted by atomic mass is 9.70. The van der Waals surface area contributed by atoms with E-state index in [1.54, 1.807) is 55.6 Å². The molecule has 1 fully saturated rings. The number of hydrogen-bond acceptors (Lipinski definition) is 8. The van der Waals surface area contributed by atoms with Crippen LogP contribution in [-0.2, 0) is 11.2 Å². The van der Waals surface area contributed by atoms with E-state index >= 15 is 0 Å². The fourth-order valence-corrected chi connectivity index (χ4v) is 7.09. The highest BCUT2D eigenvalue weighted by Gasteiger charge is 2.78. The Morgan fingerprint density at radius 1 is 0.897 bits per heavy atom. The van der Waals surface area contributed by atoms with Crippen molar-refractivity contribution in [2.24, 2.45) is 5.92 Å². The number of aliphatic hydroxyl groups excluding tert-OH is 1. The van der Waals surface area contributed by atoms with Gasteiger partial charge in [-0.3, -0.25) is 4.79 Å². The van der Waals surface area contributed by atoms with E-state index in [4.69, 9.17) is 18.9 Å². The van der Waals surface area contributed by atoms with Crippen LogP contribution in [0.5, 0.6) is 23.0 Å². The minimum absolute atomic E-state index is 0.264. The van der Waals surface area contributed by atoms with E-state index in [2.05, 4.69) is 0 Å². The summed E-state index contributed by atoms with van der Waals surface area (Å²) < 4.78 is 23.4. The van der Waals surface area contributed by atoms with Crippen molar-refractivity contribution in [1.82, 2.24) is 0 Å². The summed E-state index contributed by atoms with van der Waals surface area (Å²) in [7, 11) is 4.59. The van der Waals surface area contributed by atoms with Gasteiger partial charge in [0.25, 0.3) is 0 Å². The second-order valence-electron chi connectivity index (χ2n) is 9.74. The molecule has 0 radical (unpaired) electrons. The summed E-state index contributed by atoms with van der Waals surface area (Å²) in [4.78, 5) is 14.6. The predicted octanol–water partition coefficient (Wildman–Crippen LogP) is 4.91. The van der Waals surface area contributed by atoms with Gasteiger partial charge in [0.1, 0.15) is 29.1 Å². The third kappa shape index (κ3) is 3.45. The molecule has 5 atom stereocenters. The van der Waals surface area contributed by atoms with Crippen molar-refractivity contribution in [3.05, 3.63) is 106 Å². The van der Waals surface area contributed by atoms with Crippen molar-refractivity contribution >= 4 is 17.1 Å². The minimum atomic E-state index is -2.06. The molecule has 8 heteroatoms. The van der Waals surface area contributed by atoms with Crippen LogP contribution in [0.25, 0.3) is 0 Å². The molecule has 7 nitrogen and oxygen atoms in total. The molecule has 0 spiro atoms. The third-order valence-corrected chi connectivity index (χ3v) is 8.91. The molecule has 2 aliphatic rings. The third-order valence-electron chi connectivity index (χ3n) is 8.02. The molecule has 0 amide bonds. The summed E-state index contributed by atoms with van der Waals surface area (Å²) in [5.74, 6) is -0.378. The summed E-state index contributed by atoms with van der Waals surface area (Å²) in [5.41, 5.74) is -2.06. The fraction of sp³-hybridized carbons (Fsp3) is 0.258. The number of ketones is 1. The van der Waals surface area contributed by atoms with Crippen LogP contribution in [0.15, 0.2) is 84.2 Å². The van der Waals surface area contributed by atoms with Gasteiger partial charge in [-0.2, -0.15) is 0 Å². The molecule has 1 saturated carbocycles. The van der Waals surface area contributed by atoms with Crippen LogP contribution in [0, 0.1) is 5.92 Å². The number of methoxy groups -OCH3 is 3. The van der Waals surface area contributed by atoms with E-state index in [0.717, 1.165) is 5.56 Å². The number of rotatable bonds is 7. The zero-order valence-corrected chi connectivity index (χ0v) is 22.5. The number of Topliss-reactive ketones (excluding diaryl/α,β-unsaturated/α-hetero) is 1. The van der Waals surface area contributed by atoms with E-state index in [1.807, 2.05) is 35.7 Å². The van der Waals surface area contributed by atoms with Gasteiger partial charge in [-0.25, -0.2) is 0 Å². The molecule has 1 aliphatic heterocycles. The Morgan fingerprint density at radius 2 is 1.62 bits per heavy atom. The molecule has 3 aromatic carbocycles. The zero-order valence-electron chi connectivity index (χ0n) is 21.7. The number of hydrogen-bond donors (Lipinski definition) is 2. The number of benzene rings is 3. The van der Waals surface area contributed by atoms with Crippen LogP contribution in [0.2, 0.25) is 0 Å². The molecule has 0 saturated heterocycles. The normalized spacial score (nSPS) is 26.8. The van der Waals surface area contributed by atoms with E-state index in [-0.39, 0.29) is 17.1 Å². The molecule has 2 heterocycles. The van der Waals surface area contributed by atoms with Gasteiger partial charge in [0, 0.05) is 18.1 Å². The molecule has 1 aromatic heterocycles. The standard InChI is InChI=1S/C31H28O7S/c1-35-20-13-11-19(12-14-20)31-26(18-8-5-4-6-9-18)25(28(32)24-10-7-15-39-24)29(33)30(31,34)27-22(37-3)16-21(36-2)17-23(27)38-31/h4-17,25-26,29,33-34H,1-3H3/t25-,26+,29+,30-,31-/m0/s1. The maximum Gasteiger partial charge on any atom is 0.179 e. The average Bonchev–Trinajstić information content (AvgIpc) is 3.65. The molecule has 0 unspecified atom stereocenters. The van der Waals surface area contributed by atoms with Gasteiger partial charge >= 0.3 is 0 Å². The van der Waals surface area contributed by atoms with Crippen molar-refractivity contribution in [1.29, 1.82) is 0 Å². The molecule has 1 aliphatic carbocycles. The smallest absolute Gasteiger partial charge is 0.179 e. The highest BCUT2D eigenvalue weighted by atomic mass is 32.1. The Labute approximate surface area is 230 Å². The van der Waals surface area contributed by atoms with Crippen molar-refractivity contribution in [2.75, 3.05) is 21.3 Å². The Kier molecular flexibility index (Phi) is 6.14. The maximum absolute atomic E-state index is 14.1. The first kappa shape index (κ1) is 25.4. The van der Waals surface area contributed by atoms with Crippen LogP contribution in [0.3, 0.4) is 0 Å². The molecule has 0 bridgehead atoms. The largest absolute Gasteiger partial charge is 0.497 e. The average molecular weight is 545 g/mol. The van der Waals surface area contributed by atoms with Gasteiger partial charge in [-0.05, 0) is 34.7 Å². The van der Waals surface area contributed by atoms with Gasteiger partial charge in [0.2, 0.25) is 0 Å². The molecule has 2 N–H and O–H groups in total. The summed E-state index contributed by atoms with van der Waals surface area (Å²) >= 11 is 1.30. The number of fused-ring (bicyclic) bond motifs is 3. The van der Waals surface area contributed by atoms with Crippen LogP contribution in [-0.4, -0.2) is 43.4 Å². The number of aliphatic hydroxyl groups is 2. The van der Waals surface area contributed by atoms with Crippen LogP contribution >= 0.6 is 11.3 Å². The van der Waals surface area contributed by atoms with E-state index in [9.17, 15) is 15.0 Å². The molecule has 39 heavy (non-hydrogen) atoms. The van der Waals surface area contributed by atoms with Crippen LogP contribution in [0.1, 0.15) is 32.3 Å². The second kappa shape index (κ2) is 9.41. The first-order valence-electron chi connectivity index (χ1n) is 12.5. The SMILES string of the molecule is COc1ccc([C@@]23Oc4cc(OC)cc(OC)c4[C@]2(O)[C@H](O)[C@H](C(=O)c2cccs2)[C@H]3c2ccccc2)cc1. The van der Waals surface area contributed by atoms with Crippen molar-refractivity contribution in [2.45, 2.75) is 23.2 Å².